The van der Waals surface area contributed by atoms with Gasteiger partial charge in [-0.05, 0) is 26.7 Å². The first-order valence-corrected chi connectivity index (χ1v) is 5.63. The van der Waals surface area contributed by atoms with E-state index in [-0.39, 0.29) is 11.3 Å². The van der Waals surface area contributed by atoms with Crippen molar-refractivity contribution < 1.29 is 4.79 Å². The molecule has 3 nitrogen and oxygen atoms in total. The molecular formula is C12H20N2O. The molecule has 0 saturated heterocycles. The predicted molar refractivity (Wildman–Crippen MR) is 59.0 cm³/mol. The lowest BCUT2D eigenvalue weighted by molar-refractivity contribution is -0.133. The topological polar surface area (TPSA) is 52.9 Å². The van der Waals surface area contributed by atoms with Crippen LogP contribution in [0.3, 0.4) is 0 Å². The van der Waals surface area contributed by atoms with Crippen LogP contribution in [0.15, 0.2) is 0 Å². The number of amides is 1. The SMILES string of the molecule is CC(C)(C#N)NC(=O)C1(C)CCCCC1. The molecule has 0 aromatic rings. The normalized spacial score (nSPS) is 20.4. The van der Waals surface area contributed by atoms with Crippen LogP contribution in [0.25, 0.3) is 0 Å². The molecule has 1 N–H and O–H groups in total. The molecule has 0 radical (unpaired) electrons. The molecule has 0 unspecified atom stereocenters. The Morgan fingerprint density at radius 1 is 1.33 bits per heavy atom. The van der Waals surface area contributed by atoms with E-state index in [0.717, 1.165) is 25.7 Å². The largest absolute Gasteiger partial charge is 0.338 e. The van der Waals surface area contributed by atoms with Crippen molar-refractivity contribution in [2.24, 2.45) is 5.41 Å². The van der Waals surface area contributed by atoms with Crippen LogP contribution in [0.1, 0.15) is 52.9 Å². The van der Waals surface area contributed by atoms with Crippen LogP contribution in [0.5, 0.6) is 0 Å². The molecule has 0 aliphatic heterocycles. The lowest BCUT2D eigenvalue weighted by Gasteiger charge is -2.34. The van der Waals surface area contributed by atoms with Crippen LogP contribution < -0.4 is 5.32 Å². The van der Waals surface area contributed by atoms with Gasteiger partial charge in [-0.3, -0.25) is 4.79 Å². The molecule has 0 aromatic heterocycles. The maximum atomic E-state index is 12.0. The lowest BCUT2D eigenvalue weighted by atomic mass is 9.74. The van der Waals surface area contributed by atoms with Crippen molar-refractivity contribution in [1.29, 1.82) is 5.26 Å². The van der Waals surface area contributed by atoms with E-state index in [2.05, 4.69) is 11.4 Å². The number of rotatable bonds is 2. The van der Waals surface area contributed by atoms with Crippen LogP contribution in [0.2, 0.25) is 0 Å². The number of nitrogens with zero attached hydrogens (tertiary/aromatic N) is 1. The summed E-state index contributed by atoms with van der Waals surface area (Å²) in [5.74, 6) is 0.0359. The quantitative estimate of drug-likeness (QED) is 0.757. The predicted octanol–water partition coefficient (Wildman–Crippen LogP) is 2.38. The average molecular weight is 208 g/mol. The van der Waals surface area contributed by atoms with Gasteiger partial charge in [0.2, 0.25) is 5.91 Å². The molecular weight excluding hydrogens is 188 g/mol. The molecule has 0 heterocycles. The Labute approximate surface area is 91.9 Å². The second-order valence-corrected chi connectivity index (χ2v) is 5.31. The molecule has 0 aromatic carbocycles. The second-order valence-electron chi connectivity index (χ2n) is 5.31. The minimum absolute atomic E-state index is 0.0359. The molecule has 84 valence electrons. The highest BCUT2D eigenvalue weighted by molar-refractivity contribution is 5.83. The molecule has 1 rings (SSSR count). The monoisotopic (exact) mass is 208 g/mol. The first-order chi connectivity index (χ1) is 6.90. The van der Waals surface area contributed by atoms with Crippen molar-refractivity contribution in [3.05, 3.63) is 0 Å². The summed E-state index contributed by atoms with van der Waals surface area (Å²) in [6.07, 6.45) is 5.36. The number of carbonyl (C=O) groups excluding carboxylic acids is 1. The summed E-state index contributed by atoms with van der Waals surface area (Å²) in [5.41, 5.74) is -1.01. The smallest absolute Gasteiger partial charge is 0.227 e. The van der Waals surface area contributed by atoms with Gasteiger partial charge in [0.05, 0.1) is 6.07 Å². The molecule has 0 bridgehead atoms. The van der Waals surface area contributed by atoms with E-state index in [4.69, 9.17) is 5.26 Å². The maximum absolute atomic E-state index is 12.0. The second kappa shape index (κ2) is 4.22. The van der Waals surface area contributed by atoms with Gasteiger partial charge in [-0.15, -0.1) is 0 Å². The van der Waals surface area contributed by atoms with Crippen LogP contribution in [-0.4, -0.2) is 11.4 Å². The van der Waals surface area contributed by atoms with Crippen LogP contribution >= 0.6 is 0 Å². The Kier molecular flexibility index (Phi) is 3.38. The van der Waals surface area contributed by atoms with Gasteiger partial charge in [0.1, 0.15) is 5.54 Å². The van der Waals surface area contributed by atoms with Gasteiger partial charge in [0.25, 0.3) is 0 Å². The molecule has 0 atom stereocenters. The van der Waals surface area contributed by atoms with E-state index in [0.29, 0.717) is 0 Å². The molecule has 0 spiro atoms. The van der Waals surface area contributed by atoms with Gasteiger partial charge >= 0.3 is 0 Å². The van der Waals surface area contributed by atoms with Gasteiger partial charge in [-0.25, -0.2) is 0 Å². The summed E-state index contributed by atoms with van der Waals surface area (Å²) >= 11 is 0. The fourth-order valence-electron chi connectivity index (χ4n) is 2.02. The average Bonchev–Trinajstić information content (AvgIpc) is 2.18. The van der Waals surface area contributed by atoms with E-state index < -0.39 is 5.54 Å². The van der Waals surface area contributed by atoms with Crippen molar-refractivity contribution in [1.82, 2.24) is 5.32 Å². The fraction of sp³-hybridized carbons (Fsp3) is 0.833. The third kappa shape index (κ3) is 2.95. The lowest BCUT2D eigenvalue weighted by Crippen LogP contribution is -2.49. The van der Waals surface area contributed by atoms with Crippen molar-refractivity contribution >= 4 is 5.91 Å². The molecule has 3 heteroatoms. The van der Waals surface area contributed by atoms with Gasteiger partial charge in [0.15, 0.2) is 0 Å². The first kappa shape index (κ1) is 12.0. The van der Waals surface area contributed by atoms with Gasteiger partial charge in [-0.1, -0.05) is 26.2 Å². The number of nitrogens with one attached hydrogen (secondary N) is 1. The summed E-state index contributed by atoms with van der Waals surface area (Å²) in [7, 11) is 0. The highest BCUT2D eigenvalue weighted by Gasteiger charge is 2.36. The summed E-state index contributed by atoms with van der Waals surface area (Å²) in [4.78, 5) is 12.0. The number of carbonyl (C=O) groups is 1. The Morgan fingerprint density at radius 2 is 1.87 bits per heavy atom. The zero-order valence-corrected chi connectivity index (χ0v) is 9.89. The summed E-state index contributed by atoms with van der Waals surface area (Å²) in [6.45, 7) is 5.48. The Balaban J connectivity index is 2.64. The zero-order valence-electron chi connectivity index (χ0n) is 9.89. The third-order valence-electron chi connectivity index (χ3n) is 3.21. The Morgan fingerprint density at radius 3 is 2.33 bits per heavy atom. The first-order valence-electron chi connectivity index (χ1n) is 5.63. The van der Waals surface area contributed by atoms with E-state index in [1.165, 1.54) is 6.42 Å². The maximum Gasteiger partial charge on any atom is 0.227 e. The fourth-order valence-corrected chi connectivity index (χ4v) is 2.02. The van der Waals surface area contributed by atoms with E-state index in [1.807, 2.05) is 6.92 Å². The molecule has 1 saturated carbocycles. The van der Waals surface area contributed by atoms with Crippen molar-refractivity contribution in [3.63, 3.8) is 0 Å². The van der Waals surface area contributed by atoms with Crippen molar-refractivity contribution in [2.45, 2.75) is 58.4 Å². The Hall–Kier alpha value is -1.04. The van der Waals surface area contributed by atoms with Crippen molar-refractivity contribution in [3.8, 4) is 6.07 Å². The van der Waals surface area contributed by atoms with Gasteiger partial charge in [-0.2, -0.15) is 5.26 Å². The molecule has 1 aliphatic carbocycles. The highest BCUT2D eigenvalue weighted by atomic mass is 16.2. The van der Waals surface area contributed by atoms with E-state index >= 15 is 0 Å². The number of nitriles is 1. The molecule has 15 heavy (non-hydrogen) atoms. The zero-order chi connectivity index (χ0) is 11.5. The van der Waals surface area contributed by atoms with Gasteiger partial charge in [0, 0.05) is 5.41 Å². The van der Waals surface area contributed by atoms with Crippen LogP contribution in [0, 0.1) is 16.7 Å². The summed E-state index contributed by atoms with van der Waals surface area (Å²) in [5, 5.41) is 11.7. The standard InChI is InChI=1S/C12H20N2O/c1-11(2,9-13)14-10(15)12(3)7-5-4-6-8-12/h4-8H2,1-3H3,(H,14,15). The van der Waals surface area contributed by atoms with E-state index in [1.54, 1.807) is 13.8 Å². The Bertz CT molecular complexity index is 282. The number of hydrogen-bond acceptors (Lipinski definition) is 2. The summed E-state index contributed by atoms with van der Waals surface area (Å²) < 4.78 is 0. The minimum Gasteiger partial charge on any atom is -0.338 e. The van der Waals surface area contributed by atoms with Gasteiger partial charge < -0.3 is 5.32 Å². The van der Waals surface area contributed by atoms with Crippen LogP contribution in [-0.2, 0) is 4.79 Å². The number of hydrogen-bond donors (Lipinski definition) is 1. The van der Waals surface area contributed by atoms with Crippen molar-refractivity contribution in [2.75, 3.05) is 0 Å². The summed E-state index contributed by atoms with van der Waals surface area (Å²) in [6, 6.07) is 2.10. The third-order valence-corrected chi connectivity index (χ3v) is 3.21. The molecule has 1 fully saturated rings. The molecule has 1 amide bonds. The highest BCUT2D eigenvalue weighted by Crippen LogP contribution is 2.36. The van der Waals surface area contributed by atoms with Crippen LogP contribution in [0.4, 0.5) is 0 Å². The molecule has 1 aliphatic rings. The minimum atomic E-state index is -0.752. The van der Waals surface area contributed by atoms with E-state index in [9.17, 15) is 4.79 Å².